The minimum atomic E-state index is -3.27. The molecular weight excluding hydrogens is 284 g/mol. The van der Waals surface area contributed by atoms with E-state index in [1.807, 2.05) is 0 Å². The fraction of sp³-hybridized carbons (Fsp3) is 1.00. The van der Waals surface area contributed by atoms with Gasteiger partial charge in [0, 0.05) is 0 Å². The maximum absolute atomic E-state index is 11.2. The Morgan fingerprint density at radius 1 is 0.810 bits per heavy atom. The van der Waals surface area contributed by atoms with Crippen molar-refractivity contribution in [3.63, 3.8) is 0 Å². The molecule has 1 unspecified atom stereocenters. The van der Waals surface area contributed by atoms with Gasteiger partial charge in [-0.2, -0.15) is 8.42 Å². The van der Waals surface area contributed by atoms with Gasteiger partial charge >= 0.3 is 0 Å². The molecule has 0 aromatic carbocycles. The van der Waals surface area contributed by atoms with Crippen molar-refractivity contribution >= 4 is 10.1 Å². The molecule has 128 valence electrons. The van der Waals surface area contributed by atoms with Crippen LogP contribution >= 0.6 is 0 Å². The molecule has 0 fully saturated rings. The first-order chi connectivity index (χ1) is 10.0. The molecule has 0 spiro atoms. The van der Waals surface area contributed by atoms with Crippen molar-refractivity contribution in [3.05, 3.63) is 0 Å². The molecule has 0 aliphatic carbocycles. The Morgan fingerprint density at radius 2 is 1.29 bits per heavy atom. The van der Waals surface area contributed by atoms with Crippen molar-refractivity contribution in [2.75, 3.05) is 12.9 Å². The average Bonchev–Trinajstić information content (AvgIpc) is 2.47. The summed E-state index contributed by atoms with van der Waals surface area (Å²) in [5.41, 5.74) is 0. The molecule has 4 heteroatoms. The van der Waals surface area contributed by atoms with E-state index >= 15 is 0 Å². The van der Waals surface area contributed by atoms with Gasteiger partial charge in [0.2, 0.25) is 0 Å². The predicted octanol–water partition coefficient (Wildman–Crippen LogP) is 5.30. The lowest BCUT2D eigenvalue weighted by Gasteiger charge is -2.10. The van der Waals surface area contributed by atoms with Crippen LogP contribution in [0, 0.1) is 5.92 Å². The molecule has 0 rings (SSSR count). The summed E-state index contributed by atoms with van der Waals surface area (Å²) in [5.74, 6) is 0.631. The zero-order valence-corrected chi connectivity index (χ0v) is 15.2. The molecule has 0 aromatic heterocycles. The minimum Gasteiger partial charge on any atom is -0.273 e. The van der Waals surface area contributed by atoms with E-state index in [0.29, 0.717) is 12.3 Å². The molecule has 3 nitrogen and oxygen atoms in total. The van der Waals surface area contributed by atoms with Gasteiger partial charge in [0.15, 0.2) is 0 Å². The molecular formula is C17H36O3S. The van der Waals surface area contributed by atoms with Crippen LogP contribution in [0.25, 0.3) is 0 Å². The third-order valence-electron chi connectivity index (χ3n) is 4.17. The van der Waals surface area contributed by atoms with Crippen LogP contribution in [0.3, 0.4) is 0 Å². The van der Waals surface area contributed by atoms with Gasteiger partial charge in [0.25, 0.3) is 10.1 Å². The van der Waals surface area contributed by atoms with E-state index in [4.69, 9.17) is 0 Å². The number of hydrogen-bond acceptors (Lipinski definition) is 3. The molecule has 0 heterocycles. The summed E-state index contributed by atoms with van der Waals surface area (Å²) in [4.78, 5) is 0. The van der Waals surface area contributed by atoms with E-state index < -0.39 is 10.1 Å². The molecule has 0 amide bonds. The Hall–Kier alpha value is -0.0900. The largest absolute Gasteiger partial charge is 0.273 e. The van der Waals surface area contributed by atoms with Crippen molar-refractivity contribution in [3.8, 4) is 0 Å². The predicted molar refractivity (Wildman–Crippen MR) is 91.0 cm³/mol. The highest BCUT2D eigenvalue weighted by molar-refractivity contribution is 7.86. The van der Waals surface area contributed by atoms with E-state index in [1.54, 1.807) is 0 Å². The van der Waals surface area contributed by atoms with Gasteiger partial charge in [0.1, 0.15) is 0 Å². The van der Waals surface area contributed by atoms with Crippen molar-refractivity contribution in [2.45, 2.75) is 90.9 Å². The monoisotopic (exact) mass is 320 g/mol. The van der Waals surface area contributed by atoms with Crippen molar-refractivity contribution in [1.29, 1.82) is 0 Å². The lowest BCUT2D eigenvalue weighted by atomic mass is 9.99. The number of hydrogen-bond donors (Lipinski definition) is 0. The van der Waals surface area contributed by atoms with Gasteiger partial charge < -0.3 is 0 Å². The molecule has 0 N–H and O–H groups in total. The van der Waals surface area contributed by atoms with Gasteiger partial charge in [0.05, 0.1) is 12.9 Å². The van der Waals surface area contributed by atoms with E-state index in [9.17, 15) is 8.42 Å². The van der Waals surface area contributed by atoms with Crippen LogP contribution < -0.4 is 0 Å². The second kappa shape index (κ2) is 13.6. The van der Waals surface area contributed by atoms with Gasteiger partial charge in [-0.1, -0.05) is 84.5 Å². The van der Waals surface area contributed by atoms with Crippen LogP contribution in [-0.2, 0) is 14.3 Å². The summed E-state index contributed by atoms with van der Waals surface area (Å²) in [7, 11) is -2.03. The zero-order valence-electron chi connectivity index (χ0n) is 14.4. The lowest BCUT2D eigenvalue weighted by molar-refractivity contribution is 0.389. The molecule has 0 aliphatic heterocycles. The van der Waals surface area contributed by atoms with Crippen LogP contribution in [0.1, 0.15) is 90.9 Å². The van der Waals surface area contributed by atoms with Crippen molar-refractivity contribution in [2.24, 2.45) is 5.92 Å². The SMILES string of the molecule is CCCCCCCCCCCCC(C)CCS(=O)(=O)OC. The van der Waals surface area contributed by atoms with Crippen molar-refractivity contribution in [1.82, 2.24) is 0 Å². The molecule has 0 aromatic rings. The zero-order chi connectivity index (χ0) is 16.0. The Labute approximate surface area is 133 Å². The number of unbranched alkanes of at least 4 members (excludes halogenated alkanes) is 9. The normalized spacial score (nSPS) is 13.5. The second-order valence-electron chi connectivity index (χ2n) is 6.29. The van der Waals surface area contributed by atoms with Crippen LogP contribution in [0.2, 0.25) is 0 Å². The Morgan fingerprint density at radius 3 is 1.76 bits per heavy atom. The summed E-state index contributed by atoms with van der Waals surface area (Å²) < 4.78 is 26.9. The molecule has 0 saturated carbocycles. The minimum absolute atomic E-state index is 0.155. The van der Waals surface area contributed by atoms with E-state index in [-0.39, 0.29) is 5.75 Å². The summed E-state index contributed by atoms with van der Waals surface area (Å²) in [6.07, 6.45) is 15.3. The smallest absolute Gasteiger partial charge is 0.267 e. The third-order valence-corrected chi connectivity index (χ3v) is 5.41. The highest BCUT2D eigenvalue weighted by Crippen LogP contribution is 2.16. The highest BCUT2D eigenvalue weighted by atomic mass is 32.2. The Bertz CT molecular complexity index is 312. The van der Waals surface area contributed by atoms with Crippen LogP contribution in [0.4, 0.5) is 0 Å². The van der Waals surface area contributed by atoms with E-state index in [0.717, 1.165) is 6.42 Å². The van der Waals surface area contributed by atoms with Gasteiger partial charge in [-0.15, -0.1) is 0 Å². The first-order valence-electron chi connectivity index (χ1n) is 8.80. The second-order valence-corrected chi connectivity index (χ2v) is 8.15. The molecule has 0 radical (unpaired) electrons. The summed E-state index contributed by atoms with van der Waals surface area (Å²) in [6, 6.07) is 0. The maximum atomic E-state index is 11.2. The van der Waals surface area contributed by atoms with Gasteiger partial charge in [-0.25, -0.2) is 0 Å². The van der Waals surface area contributed by atoms with Gasteiger partial charge in [-0.3, -0.25) is 4.18 Å². The number of rotatable bonds is 15. The maximum Gasteiger partial charge on any atom is 0.267 e. The first kappa shape index (κ1) is 20.9. The Kier molecular flexibility index (Phi) is 13.5. The molecule has 0 bridgehead atoms. The molecule has 21 heavy (non-hydrogen) atoms. The highest BCUT2D eigenvalue weighted by Gasteiger charge is 2.11. The Balaban J connectivity index is 3.31. The topological polar surface area (TPSA) is 43.4 Å². The van der Waals surface area contributed by atoms with Gasteiger partial charge in [-0.05, 0) is 12.3 Å². The third kappa shape index (κ3) is 14.6. The standard InChI is InChI=1S/C17H36O3S/c1-4-5-6-7-8-9-10-11-12-13-14-17(2)15-16-21(18,19)20-3/h17H,4-16H2,1-3H3. The van der Waals surface area contributed by atoms with Crippen LogP contribution in [0.15, 0.2) is 0 Å². The van der Waals surface area contributed by atoms with E-state index in [1.165, 1.54) is 71.3 Å². The fourth-order valence-corrected chi connectivity index (χ4v) is 3.41. The van der Waals surface area contributed by atoms with Crippen molar-refractivity contribution < 1.29 is 12.6 Å². The quantitative estimate of drug-likeness (QED) is 0.304. The van der Waals surface area contributed by atoms with Crippen LogP contribution in [0.5, 0.6) is 0 Å². The van der Waals surface area contributed by atoms with Crippen LogP contribution in [-0.4, -0.2) is 21.3 Å². The van der Waals surface area contributed by atoms with E-state index in [2.05, 4.69) is 18.0 Å². The summed E-state index contributed by atoms with van der Waals surface area (Å²) in [6.45, 7) is 4.39. The summed E-state index contributed by atoms with van der Waals surface area (Å²) >= 11 is 0. The molecule has 0 saturated heterocycles. The lowest BCUT2D eigenvalue weighted by Crippen LogP contribution is -2.11. The molecule has 1 atom stereocenters. The summed E-state index contributed by atoms with van der Waals surface area (Å²) in [5, 5.41) is 0. The first-order valence-corrected chi connectivity index (χ1v) is 10.4. The average molecular weight is 321 g/mol. The molecule has 0 aliphatic rings. The fourth-order valence-electron chi connectivity index (χ4n) is 2.55.